The van der Waals surface area contributed by atoms with Crippen LogP contribution < -0.4 is 10.9 Å². The monoisotopic (exact) mass is 385 g/mol. The fraction of sp³-hybridized carbons (Fsp3) is 0.556. The maximum atomic E-state index is 11.3. The van der Waals surface area contributed by atoms with E-state index < -0.39 is 0 Å². The highest BCUT2D eigenvalue weighted by molar-refractivity contribution is 14.1. The van der Waals surface area contributed by atoms with Crippen LogP contribution in [0.4, 0.5) is 5.82 Å². The minimum Gasteiger partial charge on any atom is -0.366 e. The molecule has 0 bridgehead atoms. The zero-order chi connectivity index (χ0) is 11.4. The van der Waals surface area contributed by atoms with E-state index in [1.165, 1.54) is 6.33 Å². The second-order valence-electron chi connectivity index (χ2n) is 3.46. The Kier molecular flexibility index (Phi) is 5.04. The highest BCUT2D eigenvalue weighted by Crippen LogP contribution is 2.14. The molecule has 84 valence electrons. The van der Waals surface area contributed by atoms with Crippen molar-refractivity contribution in [2.45, 2.75) is 31.1 Å². The molecule has 0 aliphatic carbocycles. The first-order valence-electron chi connectivity index (χ1n) is 4.64. The van der Waals surface area contributed by atoms with Gasteiger partial charge < -0.3 is 10.3 Å². The zero-order valence-corrected chi connectivity index (χ0v) is 12.3. The molecule has 0 aliphatic heterocycles. The summed E-state index contributed by atoms with van der Waals surface area (Å²) >= 11 is 5.48. The van der Waals surface area contributed by atoms with Crippen LogP contribution in [-0.2, 0) is 0 Å². The van der Waals surface area contributed by atoms with Crippen LogP contribution in [0.1, 0.15) is 20.3 Å². The molecule has 0 fully saturated rings. The largest absolute Gasteiger partial charge is 0.366 e. The molecular weight excluding hydrogens is 373 g/mol. The molecule has 6 heteroatoms. The molecular formula is C9H13BrIN3O. The number of aromatic nitrogens is 2. The third-order valence-corrected chi connectivity index (χ3v) is 3.23. The van der Waals surface area contributed by atoms with E-state index in [-0.39, 0.29) is 11.6 Å². The Morgan fingerprint density at radius 3 is 2.93 bits per heavy atom. The van der Waals surface area contributed by atoms with Crippen molar-refractivity contribution in [3.63, 3.8) is 0 Å². The molecule has 1 heterocycles. The van der Waals surface area contributed by atoms with Crippen LogP contribution in [0.15, 0.2) is 11.1 Å². The van der Waals surface area contributed by atoms with Crippen molar-refractivity contribution in [2.75, 3.05) is 5.32 Å². The number of anilines is 1. The SMILES string of the molecule is CC(Br)CC(C)Nc1nc[nH]c(=O)c1I. The van der Waals surface area contributed by atoms with Crippen LogP contribution in [0, 0.1) is 3.57 Å². The molecule has 0 aliphatic rings. The van der Waals surface area contributed by atoms with Gasteiger partial charge in [-0.25, -0.2) is 4.98 Å². The van der Waals surface area contributed by atoms with E-state index in [9.17, 15) is 4.79 Å². The van der Waals surface area contributed by atoms with Crippen molar-refractivity contribution >= 4 is 44.3 Å². The van der Waals surface area contributed by atoms with Crippen LogP contribution in [0.3, 0.4) is 0 Å². The first-order valence-corrected chi connectivity index (χ1v) is 6.64. The zero-order valence-electron chi connectivity index (χ0n) is 8.55. The second kappa shape index (κ2) is 5.83. The Bertz CT molecular complexity index is 380. The van der Waals surface area contributed by atoms with Crippen LogP contribution in [0.2, 0.25) is 0 Å². The molecule has 0 saturated carbocycles. The van der Waals surface area contributed by atoms with Gasteiger partial charge in [0.05, 0.1) is 6.33 Å². The summed E-state index contributed by atoms with van der Waals surface area (Å²) in [6.45, 7) is 4.16. The van der Waals surface area contributed by atoms with Crippen molar-refractivity contribution < 1.29 is 0 Å². The van der Waals surface area contributed by atoms with Crippen LogP contribution in [0.25, 0.3) is 0 Å². The Morgan fingerprint density at radius 2 is 2.33 bits per heavy atom. The number of hydrogen-bond acceptors (Lipinski definition) is 3. The van der Waals surface area contributed by atoms with Crippen molar-refractivity contribution in [1.82, 2.24) is 9.97 Å². The standard InChI is InChI=1S/C9H13BrIN3O/c1-5(10)3-6(2)14-8-7(11)9(15)13-4-12-8/h4-6H,3H2,1-2H3,(H2,12,13,14,15). The van der Waals surface area contributed by atoms with Gasteiger partial charge in [-0.3, -0.25) is 4.79 Å². The predicted molar refractivity (Wildman–Crippen MR) is 73.7 cm³/mol. The molecule has 15 heavy (non-hydrogen) atoms. The minimum absolute atomic E-state index is 0.104. The van der Waals surface area contributed by atoms with Gasteiger partial charge in [0.15, 0.2) is 0 Å². The molecule has 4 nitrogen and oxygen atoms in total. The molecule has 1 rings (SSSR count). The number of rotatable bonds is 4. The molecule has 1 aromatic heterocycles. The van der Waals surface area contributed by atoms with E-state index >= 15 is 0 Å². The number of hydrogen-bond donors (Lipinski definition) is 2. The number of H-pyrrole nitrogens is 1. The lowest BCUT2D eigenvalue weighted by molar-refractivity contribution is 0.703. The summed E-state index contributed by atoms with van der Waals surface area (Å²) in [5.41, 5.74) is -0.104. The molecule has 0 amide bonds. The lowest BCUT2D eigenvalue weighted by Crippen LogP contribution is -2.22. The van der Waals surface area contributed by atoms with Gasteiger partial charge in [-0.2, -0.15) is 0 Å². The number of nitrogens with one attached hydrogen (secondary N) is 2. The van der Waals surface area contributed by atoms with E-state index in [0.717, 1.165) is 6.42 Å². The predicted octanol–water partition coefficient (Wildman–Crippen LogP) is 2.35. The van der Waals surface area contributed by atoms with Crippen LogP contribution >= 0.6 is 38.5 Å². The Labute approximate surface area is 111 Å². The highest BCUT2D eigenvalue weighted by atomic mass is 127. The quantitative estimate of drug-likeness (QED) is 0.617. The van der Waals surface area contributed by atoms with Crippen LogP contribution in [0.5, 0.6) is 0 Å². The van der Waals surface area contributed by atoms with Gasteiger partial charge in [0.2, 0.25) is 0 Å². The van der Waals surface area contributed by atoms with Gasteiger partial charge in [-0.15, -0.1) is 0 Å². The van der Waals surface area contributed by atoms with Gasteiger partial charge in [0.1, 0.15) is 9.39 Å². The van der Waals surface area contributed by atoms with Crippen molar-refractivity contribution in [1.29, 1.82) is 0 Å². The average molecular weight is 386 g/mol. The lowest BCUT2D eigenvalue weighted by Gasteiger charge is -2.16. The minimum atomic E-state index is -0.104. The van der Waals surface area contributed by atoms with E-state index in [4.69, 9.17) is 0 Å². The van der Waals surface area contributed by atoms with E-state index in [1.807, 2.05) is 22.6 Å². The molecule has 2 N–H and O–H groups in total. The van der Waals surface area contributed by atoms with Crippen molar-refractivity contribution in [2.24, 2.45) is 0 Å². The molecule has 0 saturated heterocycles. The maximum Gasteiger partial charge on any atom is 0.266 e. The third kappa shape index (κ3) is 4.10. The normalized spacial score (nSPS) is 14.7. The van der Waals surface area contributed by atoms with Gasteiger partial charge >= 0.3 is 0 Å². The molecule has 0 radical (unpaired) electrons. The number of nitrogens with zero attached hydrogens (tertiary/aromatic N) is 1. The molecule has 0 aromatic carbocycles. The number of halogens is 2. The smallest absolute Gasteiger partial charge is 0.266 e. The second-order valence-corrected chi connectivity index (χ2v) is 6.10. The summed E-state index contributed by atoms with van der Waals surface area (Å²) in [5, 5.41) is 3.21. The third-order valence-electron chi connectivity index (χ3n) is 1.86. The molecule has 2 atom stereocenters. The van der Waals surface area contributed by atoms with Gasteiger partial charge in [0.25, 0.3) is 5.56 Å². The van der Waals surface area contributed by atoms with Crippen LogP contribution in [-0.4, -0.2) is 20.8 Å². The van der Waals surface area contributed by atoms with E-state index in [0.29, 0.717) is 14.2 Å². The summed E-state index contributed by atoms with van der Waals surface area (Å²) in [4.78, 5) is 18.4. The first-order chi connectivity index (χ1) is 7.00. The Morgan fingerprint density at radius 1 is 1.67 bits per heavy atom. The lowest BCUT2D eigenvalue weighted by atomic mass is 10.2. The molecule has 0 spiro atoms. The summed E-state index contributed by atoms with van der Waals surface area (Å²) in [6.07, 6.45) is 2.39. The van der Waals surface area contributed by atoms with E-state index in [2.05, 4.69) is 45.1 Å². The van der Waals surface area contributed by atoms with Gasteiger partial charge in [-0.05, 0) is 35.9 Å². The van der Waals surface area contributed by atoms with Gasteiger partial charge in [-0.1, -0.05) is 22.9 Å². The molecule has 2 unspecified atom stereocenters. The van der Waals surface area contributed by atoms with Gasteiger partial charge in [0, 0.05) is 10.9 Å². The average Bonchev–Trinajstić information content (AvgIpc) is 2.11. The maximum absolute atomic E-state index is 11.3. The van der Waals surface area contributed by atoms with Crippen molar-refractivity contribution in [3.8, 4) is 0 Å². The fourth-order valence-corrected chi connectivity index (χ4v) is 2.27. The van der Waals surface area contributed by atoms with Crippen molar-refractivity contribution in [3.05, 3.63) is 20.3 Å². The highest BCUT2D eigenvalue weighted by Gasteiger charge is 2.10. The topological polar surface area (TPSA) is 57.8 Å². The number of alkyl halides is 1. The summed E-state index contributed by atoms with van der Waals surface area (Å²) in [5.74, 6) is 0.653. The summed E-state index contributed by atoms with van der Waals surface area (Å²) < 4.78 is 0.601. The fourth-order valence-electron chi connectivity index (χ4n) is 1.26. The summed E-state index contributed by atoms with van der Waals surface area (Å²) in [7, 11) is 0. The first kappa shape index (κ1) is 13.0. The molecule has 1 aromatic rings. The summed E-state index contributed by atoms with van der Waals surface area (Å²) in [6, 6.07) is 0.280. The number of aromatic amines is 1. The van der Waals surface area contributed by atoms with E-state index in [1.54, 1.807) is 0 Å². The Balaban J connectivity index is 2.72. The Hall–Kier alpha value is -0.110.